The van der Waals surface area contributed by atoms with E-state index in [-0.39, 0.29) is 19.1 Å². The fourth-order valence-electron chi connectivity index (χ4n) is 3.59. The fourth-order valence-corrected chi connectivity index (χ4v) is 3.59. The van der Waals surface area contributed by atoms with Gasteiger partial charge in [-0.2, -0.15) is 0 Å². The third-order valence-corrected chi connectivity index (χ3v) is 5.02. The lowest BCUT2D eigenvalue weighted by atomic mass is 10.1. The van der Waals surface area contributed by atoms with Crippen molar-refractivity contribution in [2.24, 2.45) is 0 Å². The third-order valence-electron chi connectivity index (χ3n) is 5.02. The van der Waals surface area contributed by atoms with Gasteiger partial charge in [-0.3, -0.25) is 4.79 Å². The first-order valence-electron chi connectivity index (χ1n) is 11.0. The number of urea groups is 1. The van der Waals surface area contributed by atoms with E-state index in [1.807, 2.05) is 38.1 Å². The molecule has 33 heavy (non-hydrogen) atoms. The Hall–Kier alpha value is -3.43. The number of benzene rings is 2. The molecule has 0 fully saturated rings. The summed E-state index contributed by atoms with van der Waals surface area (Å²) in [5.41, 5.74) is 2.26. The molecule has 3 rings (SSSR count). The molecule has 9 nitrogen and oxygen atoms in total. The van der Waals surface area contributed by atoms with Crippen LogP contribution in [0.3, 0.4) is 0 Å². The van der Waals surface area contributed by atoms with Crippen LogP contribution in [0.4, 0.5) is 16.2 Å². The van der Waals surface area contributed by atoms with Crippen molar-refractivity contribution in [1.29, 1.82) is 0 Å². The molecule has 1 heterocycles. The van der Waals surface area contributed by atoms with E-state index in [0.717, 1.165) is 0 Å². The van der Waals surface area contributed by atoms with E-state index in [1.54, 1.807) is 36.1 Å². The van der Waals surface area contributed by atoms with Crippen LogP contribution in [0.25, 0.3) is 0 Å². The number of hydrogen-bond donors (Lipinski definition) is 2. The van der Waals surface area contributed by atoms with Crippen LogP contribution in [0.5, 0.6) is 0 Å². The van der Waals surface area contributed by atoms with E-state index in [0.29, 0.717) is 35.7 Å². The number of nitrogens with one attached hydrogen (secondary N) is 2. The van der Waals surface area contributed by atoms with Gasteiger partial charge in [0, 0.05) is 30.2 Å². The van der Waals surface area contributed by atoms with Crippen LogP contribution < -0.4 is 15.5 Å². The largest absolute Gasteiger partial charge is 0.462 e. The number of esters is 1. The van der Waals surface area contributed by atoms with E-state index in [9.17, 15) is 14.4 Å². The van der Waals surface area contributed by atoms with Crippen LogP contribution in [0.2, 0.25) is 0 Å². The monoisotopic (exact) mass is 455 g/mol. The quantitative estimate of drug-likeness (QED) is 0.420. The molecule has 0 aromatic heterocycles. The van der Waals surface area contributed by atoms with Crippen LogP contribution in [-0.4, -0.2) is 50.6 Å². The Labute approximate surface area is 193 Å². The van der Waals surface area contributed by atoms with Crippen LogP contribution in [0.15, 0.2) is 48.5 Å². The molecule has 2 aromatic rings. The number of anilines is 2. The highest BCUT2D eigenvalue weighted by molar-refractivity contribution is 6.07. The first kappa shape index (κ1) is 24.2. The Morgan fingerprint density at radius 3 is 2.27 bits per heavy atom. The van der Waals surface area contributed by atoms with Gasteiger partial charge in [0.1, 0.15) is 6.04 Å². The number of carbonyl (C=O) groups excluding carboxylic acids is 3. The normalized spacial score (nSPS) is 14.8. The lowest BCUT2D eigenvalue weighted by molar-refractivity contribution is -0.135. The summed E-state index contributed by atoms with van der Waals surface area (Å²) < 4.78 is 16.1. The molecule has 1 unspecified atom stereocenters. The van der Waals surface area contributed by atoms with Gasteiger partial charge in [0.25, 0.3) is 5.91 Å². The predicted octanol–water partition coefficient (Wildman–Crippen LogP) is 3.47. The van der Waals surface area contributed by atoms with Crippen molar-refractivity contribution in [3.05, 3.63) is 59.7 Å². The Kier molecular flexibility index (Phi) is 8.39. The lowest BCUT2D eigenvalue weighted by Gasteiger charge is -2.24. The maximum absolute atomic E-state index is 13.2. The number of para-hydroxylation sites is 1. The Morgan fingerprint density at radius 1 is 0.970 bits per heavy atom. The summed E-state index contributed by atoms with van der Waals surface area (Å²) in [6.45, 7) is 6.85. The van der Waals surface area contributed by atoms with Gasteiger partial charge in [0.05, 0.1) is 18.7 Å². The summed E-state index contributed by atoms with van der Waals surface area (Å²) in [4.78, 5) is 39.2. The van der Waals surface area contributed by atoms with Crippen LogP contribution in [-0.2, 0) is 19.0 Å². The van der Waals surface area contributed by atoms with Crippen molar-refractivity contribution < 1.29 is 28.6 Å². The summed E-state index contributed by atoms with van der Waals surface area (Å²) in [6.07, 6.45) is -0.567. The molecule has 3 amide bonds. The number of carbonyl (C=O) groups is 3. The van der Waals surface area contributed by atoms with Crippen molar-refractivity contribution >= 4 is 29.3 Å². The first-order valence-corrected chi connectivity index (χ1v) is 11.0. The van der Waals surface area contributed by atoms with Crippen molar-refractivity contribution in [2.75, 3.05) is 36.6 Å². The molecule has 2 aromatic carbocycles. The van der Waals surface area contributed by atoms with Crippen LogP contribution in [0.1, 0.15) is 42.7 Å². The van der Waals surface area contributed by atoms with Gasteiger partial charge in [-0.25, -0.2) is 9.59 Å². The second-order valence-corrected chi connectivity index (χ2v) is 7.18. The van der Waals surface area contributed by atoms with Crippen molar-refractivity contribution in [3.63, 3.8) is 0 Å². The van der Waals surface area contributed by atoms with E-state index in [4.69, 9.17) is 14.2 Å². The van der Waals surface area contributed by atoms with E-state index in [2.05, 4.69) is 10.6 Å². The van der Waals surface area contributed by atoms with Crippen molar-refractivity contribution in [3.8, 4) is 0 Å². The summed E-state index contributed by atoms with van der Waals surface area (Å²) in [7, 11) is 0. The molecular formula is C24H29N3O6. The zero-order valence-corrected chi connectivity index (χ0v) is 19.0. The SMILES string of the molecule is CCOC(=O)c1ccc(NC(=O)NC2C(=O)N(CC(OCC)OCC)c3ccccc32)cc1. The predicted molar refractivity (Wildman–Crippen MR) is 123 cm³/mol. The van der Waals surface area contributed by atoms with Crippen molar-refractivity contribution in [1.82, 2.24) is 5.32 Å². The van der Waals surface area contributed by atoms with Crippen LogP contribution in [0, 0.1) is 0 Å². The summed E-state index contributed by atoms with van der Waals surface area (Å²) in [5.74, 6) is -0.701. The number of hydrogen-bond acceptors (Lipinski definition) is 6. The molecule has 0 bridgehead atoms. The second-order valence-electron chi connectivity index (χ2n) is 7.18. The molecule has 0 spiro atoms. The number of amides is 3. The first-order chi connectivity index (χ1) is 16.0. The zero-order chi connectivity index (χ0) is 23.8. The van der Waals surface area contributed by atoms with Gasteiger partial charge in [0.15, 0.2) is 6.29 Å². The van der Waals surface area contributed by atoms with Gasteiger partial charge in [-0.05, 0) is 51.1 Å². The Bertz CT molecular complexity index is 972. The Morgan fingerprint density at radius 2 is 1.64 bits per heavy atom. The molecule has 176 valence electrons. The molecular weight excluding hydrogens is 426 g/mol. The topological polar surface area (TPSA) is 106 Å². The lowest BCUT2D eigenvalue weighted by Crippen LogP contribution is -2.43. The molecule has 1 aliphatic heterocycles. The molecule has 2 N–H and O–H groups in total. The number of ether oxygens (including phenoxy) is 3. The average Bonchev–Trinajstić information content (AvgIpc) is 3.06. The average molecular weight is 456 g/mol. The second kappa shape index (κ2) is 11.4. The van der Waals surface area contributed by atoms with E-state index < -0.39 is 24.3 Å². The smallest absolute Gasteiger partial charge is 0.338 e. The minimum absolute atomic E-state index is 0.215. The zero-order valence-electron chi connectivity index (χ0n) is 19.0. The fraction of sp³-hybridized carbons (Fsp3) is 0.375. The van der Waals surface area contributed by atoms with Gasteiger partial charge in [0.2, 0.25) is 0 Å². The molecule has 0 saturated carbocycles. The molecule has 0 saturated heterocycles. The highest BCUT2D eigenvalue weighted by atomic mass is 16.7. The number of rotatable bonds is 10. The molecule has 0 radical (unpaired) electrons. The summed E-state index contributed by atoms with van der Waals surface area (Å²) >= 11 is 0. The minimum Gasteiger partial charge on any atom is -0.462 e. The van der Waals surface area contributed by atoms with Gasteiger partial charge >= 0.3 is 12.0 Å². The number of nitrogens with zero attached hydrogens (tertiary/aromatic N) is 1. The minimum atomic E-state index is -0.844. The highest BCUT2D eigenvalue weighted by Crippen LogP contribution is 2.36. The molecule has 9 heteroatoms. The van der Waals surface area contributed by atoms with Crippen LogP contribution >= 0.6 is 0 Å². The Balaban J connectivity index is 1.69. The van der Waals surface area contributed by atoms with E-state index >= 15 is 0 Å². The standard InChI is InChI=1S/C24H29N3O6/c1-4-31-20(32-5-2)15-27-19-10-8-7-9-18(19)21(22(27)28)26-24(30)25-17-13-11-16(12-14-17)23(29)33-6-3/h7-14,20-21H,4-6,15H2,1-3H3,(H2,25,26,30). The summed E-state index contributed by atoms with van der Waals surface area (Å²) in [5, 5.41) is 5.44. The molecule has 0 aliphatic carbocycles. The van der Waals surface area contributed by atoms with Gasteiger partial charge in [-0.1, -0.05) is 18.2 Å². The highest BCUT2D eigenvalue weighted by Gasteiger charge is 2.39. The maximum atomic E-state index is 13.2. The van der Waals surface area contributed by atoms with Crippen molar-refractivity contribution in [2.45, 2.75) is 33.1 Å². The van der Waals surface area contributed by atoms with E-state index in [1.165, 1.54) is 0 Å². The summed E-state index contributed by atoms with van der Waals surface area (Å²) in [6, 6.07) is 12.2. The van der Waals surface area contributed by atoms with Gasteiger partial charge < -0.3 is 29.7 Å². The van der Waals surface area contributed by atoms with Gasteiger partial charge in [-0.15, -0.1) is 0 Å². The molecule has 1 atom stereocenters. The number of fused-ring (bicyclic) bond motifs is 1. The maximum Gasteiger partial charge on any atom is 0.338 e. The third kappa shape index (κ3) is 5.88. The molecule has 1 aliphatic rings.